The fraction of sp³-hybridized carbons (Fsp3) is 0.312. The Labute approximate surface area is 136 Å². The Bertz CT molecular complexity index is 885. The number of halogens is 1. The zero-order valence-electron chi connectivity index (χ0n) is 13.1. The van der Waals surface area contributed by atoms with E-state index in [1.165, 1.54) is 23.5 Å². The number of aromatic nitrogens is 3. The molecular formula is C16H16FN3O2S. The van der Waals surface area contributed by atoms with Crippen molar-refractivity contribution in [1.29, 1.82) is 0 Å². The van der Waals surface area contributed by atoms with Crippen molar-refractivity contribution in [3.63, 3.8) is 0 Å². The summed E-state index contributed by atoms with van der Waals surface area (Å²) in [6.45, 7) is 6.13. The summed E-state index contributed by atoms with van der Waals surface area (Å²) in [6.07, 6.45) is 0. The first kappa shape index (κ1) is 15.6. The highest BCUT2D eigenvalue weighted by molar-refractivity contribution is 7.18. The number of carbonyl (C=O) groups excluding carboxylic acids is 1. The van der Waals surface area contributed by atoms with Crippen LogP contribution in [0.25, 0.3) is 10.2 Å². The van der Waals surface area contributed by atoms with Gasteiger partial charge in [-0.1, -0.05) is 0 Å². The molecule has 0 aliphatic rings. The monoisotopic (exact) mass is 333 g/mol. The van der Waals surface area contributed by atoms with Crippen LogP contribution in [-0.4, -0.2) is 27.3 Å². The van der Waals surface area contributed by atoms with Crippen LogP contribution >= 0.6 is 11.3 Å². The van der Waals surface area contributed by atoms with Crippen molar-refractivity contribution >= 4 is 27.5 Å². The van der Waals surface area contributed by atoms with E-state index in [1.807, 2.05) is 13.8 Å². The van der Waals surface area contributed by atoms with Crippen molar-refractivity contribution in [1.82, 2.24) is 14.8 Å². The minimum Gasteiger partial charge on any atom is -0.461 e. The quantitative estimate of drug-likeness (QED) is 0.686. The fourth-order valence-electron chi connectivity index (χ4n) is 2.43. The zero-order chi connectivity index (χ0) is 16.6. The normalized spacial score (nSPS) is 11.1. The lowest BCUT2D eigenvalue weighted by Gasteiger charge is -2.06. The molecule has 0 saturated carbocycles. The Morgan fingerprint density at radius 1 is 1.35 bits per heavy atom. The summed E-state index contributed by atoms with van der Waals surface area (Å²) in [4.78, 5) is 16.2. The van der Waals surface area contributed by atoms with Gasteiger partial charge in [0, 0.05) is 11.3 Å². The first-order valence-corrected chi connectivity index (χ1v) is 8.06. The van der Waals surface area contributed by atoms with E-state index in [4.69, 9.17) is 4.74 Å². The summed E-state index contributed by atoms with van der Waals surface area (Å²) in [7, 11) is 0. The standard InChI is InChI=1S/C16H16FN3O2S/c1-4-22-16(21)13-5-9(2)20(19-13)8-11-6-12(17)7-14-15(11)18-10(3)23-14/h5-7H,4,8H2,1-3H3. The van der Waals surface area contributed by atoms with E-state index in [1.54, 1.807) is 17.7 Å². The van der Waals surface area contributed by atoms with Gasteiger partial charge in [0.2, 0.25) is 0 Å². The van der Waals surface area contributed by atoms with Gasteiger partial charge in [-0.05, 0) is 39.0 Å². The number of hydrogen-bond donors (Lipinski definition) is 0. The zero-order valence-corrected chi connectivity index (χ0v) is 13.9. The van der Waals surface area contributed by atoms with Gasteiger partial charge in [-0.3, -0.25) is 4.68 Å². The van der Waals surface area contributed by atoms with Crippen molar-refractivity contribution in [3.8, 4) is 0 Å². The molecule has 0 aliphatic heterocycles. The molecule has 2 heterocycles. The van der Waals surface area contributed by atoms with Crippen LogP contribution in [0.3, 0.4) is 0 Å². The molecule has 1 aromatic carbocycles. The SMILES string of the molecule is CCOC(=O)c1cc(C)n(Cc2cc(F)cc3sc(C)nc23)n1. The lowest BCUT2D eigenvalue weighted by molar-refractivity contribution is 0.0518. The Morgan fingerprint density at radius 2 is 2.13 bits per heavy atom. The number of benzene rings is 1. The molecule has 0 aliphatic carbocycles. The summed E-state index contributed by atoms with van der Waals surface area (Å²) in [5.41, 5.74) is 2.58. The van der Waals surface area contributed by atoms with E-state index < -0.39 is 5.97 Å². The Hall–Kier alpha value is -2.28. The maximum atomic E-state index is 13.8. The first-order valence-electron chi connectivity index (χ1n) is 7.25. The number of fused-ring (bicyclic) bond motifs is 1. The third-order valence-corrected chi connectivity index (χ3v) is 4.35. The number of aryl methyl sites for hydroxylation is 2. The van der Waals surface area contributed by atoms with E-state index in [-0.39, 0.29) is 11.5 Å². The highest BCUT2D eigenvalue weighted by Gasteiger charge is 2.15. The molecule has 120 valence electrons. The Kier molecular flexibility index (Phi) is 4.12. The van der Waals surface area contributed by atoms with Gasteiger partial charge in [0.15, 0.2) is 5.69 Å². The third kappa shape index (κ3) is 3.10. The van der Waals surface area contributed by atoms with E-state index in [0.717, 1.165) is 26.5 Å². The minimum absolute atomic E-state index is 0.256. The molecule has 0 unspecified atom stereocenters. The molecule has 3 aromatic rings. The molecule has 0 bridgehead atoms. The van der Waals surface area contributed by atoms with Gasteiger partial charge >= 0.3 is 5.97 Å². The summed E-state index contributed by atoms with van der Waals surface area (Å²) in [5.74, 6) is -0.755. The molecule has 0 fully saturated rings. The first-order chi connectivity index (χ1) is 11.0. The van der Waals surface area contributed by atoms with Crippen molar-refractivity contribution in [3.05, 3.63) is 46.0 Å². The number of esters is 1. The molecule has 0 amide bonds. The molecule has 0 radical (unpaired) electrons. The minimum atomic E-state index is -0.455. The van der Waals surface area contributed by atoms with Gasteiger partial charge in [0.1, 0.15) is 5.82 Å². The number of ether oxygens (including phenoxy) is 1. The van der Waals surface area contributed by atoms with Gasteiger partial charge in [-0.2, -0.15) is 5.10 Å². The molecule has 5 nitrogen and oxygen atoms in total. The predicted molar refractivity (Wildman–Crippen MR) is 86.3 cm³/mol. The van der Waals surface area contributed by atoms with Crippen molar-refractivity contribution < 1.29 is 13.9 Å². The largest absolute Gasteiger partial charge is 0.461 e. The van der Waals surface area contributed by atoms with Crippen LogP contribution in [0.1, 0.15) is 33.7 Å². The number of hydrogen-bond acceptors (Lipinski definition) is 5. The van der Waals surface area contributed by atoms with Crippen LogP contribution in [0, 0.1) is 19.7 Å². The molecular weight excluding hydrogens is 317 g/mol. The average molecular weight is 333 g/mol. The molecule has 0 saturated heterocycles. The summed E-state index contributed by atoms with van der Waals surface area (Å²) < 4.78 is 21.2. The second kappa shape index (κ2) is 6.08. The highest BCUT2D eigenvalue weighted by Crippen LogP contribution is 2.26. The average Bonchev–Trinajstić information content (AvgIpc) is 3.02. The van der Waals surface area contributed by atoms with Crippen LogP contribution in [0.15, 0.2) is 18.2 Å². The number of thiazole rings is 1. The molecule has 2 aromatic heterocycles. The maximum absolute atomic E-state index is 13.8. The van der Waals surface area contributed by atoms with Gasteiger partial charge in [0.25, 0.3) is 0 Å². The predicted octanol–water partition coefficient (Wildman–Crippen LogP) is 3.47. The Balaban J connectivity index is 1.98. The maximum Gasteiger partial charge on any atom is 0.358 e. The van der Waals surface area contributed by atoms with Crippen LogP contribution < -0.4 is 0 Å². The van der Waals surface area contributed by atoms with Gasteiger partial charge < -0.3 is 4.74 Å². The molecule has 3 rings (SSSR count). The second-order valence-corrected chi connectivity index (χ2v) is 6.43. The van der Waals surface area contributed by atoms with E-state index in [2.05, 4.69) is 10.1 Å². The van der Waals surface area contributed by atoms with Gasteiger partial charge in [-0.25, -0.2) is 14.2 Å². The number of carbonyl (C=O) groups is 1. The smallest absolute Gasteiger partial charge is 0.358 e. The Morgan fingerprint density at radius 3 is 2.87 bits per heavy atom. The van der Waals surface area contributed by atoms with Crippen molar-refractivity contribution in [2.75, 3.05) is 6.61 Å². The van der Waals surface area contributed by atoms with Crippen LogP contribution in [-0.2, 0) is 11.3 Å². The molecule has 0 atom stereocenters. The van der Waals surface area contributed by atoms with E-state index in [0.29, 0.717) is 13.2 Å². The van der Waals surface area contributed by atoms with Crippen molar-refractivity contribution in [2.45, 2.75) is 27.3 Å². The molecule has 0 spiro atoms. The van der Waals surface area contributed by atoms with Crippen LogP contribution in [0.2, 0.25) is 0 Å². The number of nitrogens with zero attached hydrogens (tertiary/aromatic N) is 3. The molecule has 23 heavy (non-hydrogen) atoms. The fourth-order valence-corrected chi connectivity index (χ4v) is 3.33. The van der Waals surface area contributed by atoms with Gasteiger partial charge in [-0.15, -0.1) is 11.3 Å². The molecule has 0 N–H and O–H groups in total. The van der Waals surface area contributed by atoms with Gasteiger partial charge in [0.05, 0.1) is 28.4 Å². The lowest BCUT2D eigenvalue weighted by Crippen LogP contribution is -2.09. The third-order valence-electron chi connectivity index (χ3n) is 3.43. The summed E-state index contributed by atoms with van der Waals surface area (Å²) in [6, 6.07) is 4.62. The topological polar surface area (TPSA) is 57.0 Å². The van der Waals surface area contributed by atoms with Crippen LogP contribution in [0.5, 0.6) is 0 Å². The van der Waals surface area contributed by atoms with Crippen molar-refractivity contribution in [2.24, 2.45) is 0 Å². The van der Waals surface area contributed by atoms with E-state index in [9.17, 15) is 9.18 Å². The summed E-state index contributed by atoms with van der Waals surface area (Å²) in [5, 5.41) is 5.15. The highest BCUT2D eigenvalue weighted by atomic mass is 32.1. The van der Waals surface area contributed by atoms with Crippen LogP contribution in [0.4, 0.5) is 4.39 Å². The van der Waals surface area contributed by atoms with E-state index >= 15 is 0 Å². The second-order valence-electron chi connectivity index (χ2n) is 5.19. The molecule has 7 heteroatoms. The number of rotatable bonds is 4. The summed E-state index contributed by atoms with van der Waals surface area (Å²) >= 11 is 1.46. The lowest BCUT2D eigenvalue weighted by atomic mass is 10.2.